The van der Waals surface area contributed by atoms with Crippen LogP contribution in [0.5, 0.6) is 5.75 Å². The van der Waals surface area contributed by atoms with E-state index in [4.69, 9.17) is 4.42 Å². The predicted molar refractivity (Wildman–Crippen MR) is 110 cm³/mol. The quantitative estimate of drug-likeness (QED) is 0.504. The van der Waals surface area contributed by atoms with Crippen molar-refractivity contribution in [1.82, 2.24) is 4.31 Å². The third-order valence-corrected chi connectivity index (χ3v) is 7.10. The molecule has 0 amide bonds. The van der Waals surface area contributed by atoms with E-state index in [-0.39, 0.29) is 36.0 Å². The van der Waals surface area contributed by atoms with Crippen LogP contribution in [-0.2, 0) is 21.2 Å². The minimum atomic E-state index is -4.80. The van der Waals surface area contributed by atoms with E-state index >= 15 is 0 Å². The van der Waals surface area contributed by atoms with Crippen molar-refractivity contribution in [2.24, 2.45) is 0 Å². The zero-order chi connectivity index (χ0) is 22.9. The number of carbonyl (C=O) groups is 1. The highest BCUT2D eigenvalue weighted by atomic mass is 32.2. The monoisotopic (exact) mass is 467 g/mol. The first kappa shape index (κ1) is 22.3. The van der Waals surface area contributed by atoms with Crippen LogP contribution in [0.3, 0.4) is 0 Å². The van der Waals surface area contributed by atoms with Gasteiger partial charge in [-0.1, -0.05) is 30.3 Å². The molecule has 0 N–H and O–H groups in total. The summed E-state index contributed by atoms with van der Waals surface area (Å²) >= 11 is 0. The van der Waals surface area contributed by atoms with E-state index in [0.717, 1.165) is 4.31 Å². The number of alkyl halides is 3. The number of ketones is 1. The van der Waals surface area contributed by atoms with Gasteiger partial charge in [-0.3, -0.25) is 4.79 Å². The summed E-state index contributed by atoms with van der Waals surface area (Å²) in [6.07, 6.45) is -3.72. The minimum Gasteiger partial charge on any atom is -0.443 e. The smallest absolute Gasteiger partial charge is 0.443 e. The Labute approximate surface area is 182 Å². The van der Waals surface area contributed by atoms with Gasteiger partial charge in [0.15, 0.2) is 5.78 Å². The van der Waals surface area contributed by atoms with Gasteiger partial charge in [0.05, 0.1) is 6.04 Å². The number of fused-ring (bicyclic) bond motifs is 1. The van der Waals surface area contributed by atoms with Gasteiger partial charge in [0.25, 0.3) is 10.0 Å². The Hall–Kier alpha value is -2.85. The number of nitrogens with zero attached hydrogens (tertiary/aromatic N) is 1. The maximum atomic E-state index is 13.1. The number of Topliss-reactive ketones (excluding diaryl/α,β-unsaturated/α-hetero) is 1. The van der Waals surface area contributed by atoms with Crippen molar-refractivity contribution in [3.8, 4) is 5.75 Å². The molecule has 2 heterocycles. The number of sulfonamides is 1. The van der Waals surface area contributed by atoms with Crippen LogP contribution in [0.25, 0.3) is 11.0 Å². The van der Waals surface area contributed by atoms with Crippen LogP contribution in [0.15, 0.2) is 64.1 Å². The molecule has 6 nitrogen and oxygen atoms in total. The van der Waals surface area contributed by atoms with Gasteiger partial charge >= 0.3 is 6.36 Å². The molecule has 1 aliphatic heterocycles. The normalized spacial score (nSPS) is 17.7. The molecule has 2 aromatic carbocycles. The molecule has 1 atom stereocenters. The lowest BCUT2D eigenvalue weighted by atomic mass is 10.0. The summed E-state index contributed by atoms with van der Waals surface area (Å²) in [6, 6.07) is 12.9. The summed E-state index contributed by atoms with van der Waals surface area (Å²) in [6.45, 7) is 0.199. The Morgan fingerprint density at radius 1 is 1.12 bits per heavy atom. The molecule has 0 spiro atoms. The first-order valence-corrected chi connectivity index (χ1v) is 11.5. The molecule has 3 aromatic rings. The summed E-state index contributed by atoms with van der Waals surface area (Å²) in [4.78, 5) is 12.8. The minimum absolute atomic E-state index is 0.00765. The van der Waals surface area contributed by atoms with E-state index < -0.39 is 22.4 Å². The van der Waals surface area contributed by atoms with Gasteiger partial charge in [0, 0.05) is 24.4 Å². The van der Waals surface area contributed by atoms with Crippen LogP contribution >= 0.6 is 0 Å². The van der Waals surface area contributed by atoms with Crippen molar-refractivity contribution in [3.63, 3.8) is 0 Å². The fraction of sp³-hybridized carbons (Fsp3) is 0.318. The van der Waals surface area contributed by atoms with Crippen molar-refractivity contribution in [3.05, 3.63) is 60.2 Å². The molecule has 1 aromatic heterocycles. The van der Waals surface area contributed by atoms with E-state index in [1.807, 2.05) is 0 Å². The van der Waals surface area contributed by atoms with Gasteiger partial charge in [0.2, 0.25) is 5.09 Å². The molecule has 0 unspecified atom stereocenters. The molecule has 1 aliphatic rings. The summed E-state index contributed by atoms with van der Waals surface area (Å²) in [5.74, 6) is -0.651. The molecule has 1 saturated heterocycles. The standard InChI is InChI=1S/C22H20F3NO5S/c23-22(24,25)31-17-7-3-5-15(13-17)10-11-19(27)18-8-4-12-26(18)32(28,29)21-14-16-6-1-2-9-20(16)30-21/h1-3,5-7,9,13-14,18H,4,8,10-12H2/t18-/m0/s1. The van der Waals surface area contributed by atoms with Crippen LogP contribution < -0.4 is 4.74 Å². The number of para-hydroxylation sites is 1. The molecule has 10 heteroatoms. The predicted octanol–water partition coefficient (Wildman–Crippen LogP) is 4.69. The lowest BCUT2D eigenvalue weighted by Gasteiger charge is -2.21. The van der Waals surface area contributed by atoms with Gasteiger partial charge in [-0.15, -0.1) is 13.2 Å². The number of ether oxygens (including phenoxy) is 1. The van der Waals surface area contributed by atoms with Crippen molar-refractivity contribution >= 4 is 26.8 Å². The Bertz CT molecular complexity index is 1200. The van der Waals surface area contributed by atoms with Crippen LogP contribution in [0.1, 0.15) is 24.8 Å². The van der Waals surface area contributed by atoms with E-state index in [9.17, 15) is 26.4 Å². The first-order valence-electron chi connectivity index (χ1n) is 10.0. The second-order valence-corrected chi connectivity index (χ2v) is 9.36. The van der Waals surface area contributed by atoms with Crippen LogP contribution in [0.2, 0.25) is 0 Å². The molecule has 0 saturated carbocycles. The highest BCUT2D eigenvalue weighted by molar-refractivity contribution is 7.89. The van der Waals surface area contributed by atoms with Gasteiger partial charge in [-0.25, -0.2) is 8.42 Å². The number of benzene rings is 2. The number of carbonyl (C=O) groups excluding carboxylic acids is 1. The fourth-order valence-corrected chi connectivity index (χ4v) is 5.51. The number of furan rings is 1. The Kier molecular flexibility index (Phi) is 6.00. The molecule has 1 fully saturated rings. The summed E-state index contributed by atoms with van der Waals surface area (Å²) in [7, 11) is -4.00. The topological polar surface area (TPSA) is 76.8 Å². The van der Waals surface area contributed by atoms with Crippen LogP contribution in [0, 0.1) is 0 Å². The Balaban J connectivity index is 1.46. The number of rotatable bonds is 7. The lowest BCUT2D eigenvalue weighted by Crippen LogP contribution is -2.40. The number of hydrogen-bond acceptors (Lipinski definition) is 5. The van der Waals surface area contributed by atoms with Crippen molar-refractivity contribution < 1.29 is 35.5 Å². The number of hydrogen-bond donors (Lipinski definition) is 0. The van der Waals surface area contributed by atoms with Crippen LogP contribution in [0.4, 0.5) is 13.2 Å². The van der Waals surface area contributed by atoms with Crippen LogP contribution in [-0.4, -0.2) is 37.5 Å². The maximum Gasteiger partial charge on any atom is 0.573 e. The molecule has 170 valence electrons. The maximum absolute atomic E-state index is 13.1. The number of halogens is 3. The molecule has 0 bridgehead atoms. The van der Waals surface area contributed by atoms with E-state index in [1.165, 1.54) is 24.3 Å². The van der Waals surface area contributed by atoms with E-state index in [2.05, 4.69) is 4.74 Å². The summed E-state index contributed by atoms with van der Waals surface area (Å²) in [5, 5.41) is 0.435. The second-order valence-electron chi connectivity index (χ2n) is 7.54. The lowest BCUT2D eigenvalue weighted by molar-refractivity contribution is -0.274. The molecular weight excluding hydrogens is 447 g/mol. The zero-order valence-corrected chi connectivity index (χ0v) is 17.7. The first-order chi connectivity index (χ1) is 15.1. The molecule has 0 radical (unpaired) electrons. The van der Waals surface area contributed by atoms with Gasteiger partial charge in [-0.05, 0) is 43.0 Å². The third kappa shape index (κ3) is 4.81. The summed E-state index contributed by atoms with van der Waals surface area (Å²) in [5.41, 5.74) is 0.930. The molecular formula is C22H20F3NO5S. The van der Waals surface area contributed by atoms with E-state index in [0.29, 0.717) is 29.4 Å². The van der Waals surface area contributed by atoms with Crippen molar-refractivity contribution in [2.45, 2.75) is 43.2 Å². The second kappa shape index (κ2) is 8.59. The SMILES string of the molecule is O=C(CCc1cccc(OC(F)(F)F)c1)[C@@H]1CCCN1S(=O)(=O)c1cc2ccccc2o1. The van der Waals surface area contributed by atoms with Crippen molar-refractivity contribution in [2.75, 3.05) is 6.54 Å². The molecule has 0 aliphatic carbocycles. The zero-order valence-electron chi connectivity index (χ0n) is 16.8. The third-order valence-electron chi connectivity index (χ3n) is 5.33. The highest BCUT2D eigenvalue weighted by Gasteiger charge is 2.40. The highest BCUT2D eigenvalue weighted by Crippen LogP contribution is 2.31. The van der Waals surface area contributed by atoms with Crippen molar-refractivity contribution in [1.29, 1.82) is 0 Å². The molecule has 4 rings (SSSR count). The average molecular weight is 467 g/mol. The molecule has 32 heavy (non-hydrogen) atoms. The van der Waals surface area contributed by atoms with Gasteiger partial charge < -0.3 is 9.15 Å². The number of aryl methyl sites for hydroxylation is 1. The van der Waals surface area contributed by atoms with Gasteiger partial charge in [0.1, 0.15) is 11.3 Å². The average Bonchev–Trinajstić information content (AvgIpc) is 3.39. The largest absolute Gasteiger partial charge is 0.573 e. The Morgan fingerprint density at radius 2 is 1.91 bits per heavy atom. The summed E-state index contributed by atoms with van der Waals surface area (Å²) < 4.78 is 74.1. The van der Waals surface area contributed by atoms with Gasteiger partial charge in [-0.2, -0.15) is 4.31 Å². The van der Waals surface area contributed by atoms with E-state index in [1.54, 1.807) is 30.3 Å². The fourth-order valence-electron chi connectivity index (χ4n) is 3.88. The Morgan fingerprint density at radius 3 is 2.66 bits per heavy atom.